The molecular weight excluding hydrogens is 274 g/mol. The first-order valence-corrected chi connectivity index (χ1v) is 5.76. The SMILES string of the molecule is O=C(O)CCNC(=O)NC(CO)c1c(F)cccc1F. The third kappa shape index (κ3) is 4.47. The van der Waals surface area contributed by atoms with Crippen molar-refractivity contribution in [2.24, 2.45) is 0 Å². The maximum atomic E-state index is 13.5. The largest absolute Gasteiger partial charge is 0.481 e. The molecule has 1 aromatic rings. The molecule has 2 amide bonds. The van der Waals surface area contributed by atoms with E-state index in [0.29, 0.717) is 0 Å². The van der Waals surface area contributed by atoms with Crippen LogP contribution in [0.25, 0.3) is 0 Å². The zero-order valence-electron chi connectivity index (χ0n) is 10.4. The molecule has 1 unspecified atom stereocenters. The van der Waals surface area contributed by atoms with Gasteiger partial charge in [-0.15, -0.1) is 0 Å². The number of amides is 2. The molecule has 0 fully saturated rings. The molecule has 0 radical (unpaired) electrons. The van der Waals surface area contributed by atoms with Crippen LogP contribution in [0.1, 0.15) is 18.0 Å². The van der Waals surface area contributed by atoms with Gasteiger partial charge in [0.1, 0.15) is 11.6 Å². The molecule has 110 valence electrons. The van der Waals surface area contributed by atoms with E-state index in [0.717, 1.165) is 18.2 Å². The fourth-order valence-corrected chi connectivity index (χ4v) is 1.54. The number of hydrogen-bond donors (Lipinski definition) is 4. The third-order valence-electron chi connectivity index (χ3n) is 2.46. The fourth-order valence-electron chi connectivity index (χ4n) is 1.54. The summed E-state index contributed by atoms with van der Waals surface area (Å²) in [5.41, 5.74) is -0.455. The van der Waals surface area contributed by atoms with E-state index in [2.05, 4.69) is 10.6 Å². The molecule has 1 rings (SSSR count). The Morgan fingerprint density at radius 3 is 2.35 bits per heavy atom. The molecular formula is C12H14F2N2O4. The van der Waals surface area contributed by atoms with Gasteiger partial charge in [0.05, 0.1) is 19.1 Å². The lowest BCUT2D eigenvalue weighted by Gasteiger charge is -2.18. The standard InChI is InChI=1S/C12H14F2N2O4/c13-7-2-1-3-8(14)11(7)9(6-17)16-12(20)15-5-4-10(18)19/h1-3,9,17H,4-6H2,(H,18,19)(H2,15,16,20). The van der Waals surface area contributed by atoms with Crippen molar-refractivity contribution in [1.82, 2.24) is 10.6 Å². The molecule has 8 heteroatoms. The first-order valence-electron chi connectivity index (χ1n) is 5.76. The van der Waals surface area contributed by atoms with E-state index in [9.17, 15) is 18.4 Å². The van der Waals surface area contributed by atoms with E-state index in [1.807, 2.05) is 0 Å². The number of carbonyl (C=O) groups excluding carboxylic acids is 1. The van der Waals surface area contributed by atoms with E-state index in [1.165, 1.54) is 0 Å². The number of aliphatic hydroxyl groups excluding tert-OH is 1. The second-order valence-corrected chi connectivity index (χ2v) is 3.91. The van der Waals surface area contributed by atoms with Crippen LogP contribution < -0.4 is 10.6 Å². The predicted molar refractivity (Wildman–Crippen MR) is 65.0 cm³/mol. The maximum absolute atomic E-state index is 13.5. The highest BCUT2D eigenvalue weighted by molar-refractivity contribution is 5.75. The number of carboxylic acid groups (broad SMARTS) is 1. The quantitative estimate of drug-likeness (QED) is 0.621. The Labute approximate surface area is 113 Å². The number of carboxylic acids is 1. The number of hydrogen-bond acceptors (Lipinski definition) is 3. The predicted octanol–water partition coefficient (Wildman–Crippen LogP) is 0.772. The zero-order valence-corrected chi connectivity index (χ0v) is 10.4. The van der Waals surface area contributed by atoms with Crippen molar-refractivity contribution >= 4 is 12.0 Å². The van der Waals surface area contributed by atoms with Gasteiger partial charge >= 0.3 is 12.0 Å². The van der Waals surface area contributed by atoms with Crippen molar-refractivity contribution in [3.05, 3.63) is 35.4 Å². The molecule has 0 bridgehead atoms. The Morgan fingerprint density at radius 2 is 1.85 bits per heavy atom. The van der Waals surface area contributed by atoms with Gasteiger partial charge in [-0.05, 0) is 12.1 Å². The normalized spacial score (nSPS) is 11.8. The van der Waals surface area contributed by atoms with E-state index in [4.69, 9.17) is 10.2 Å². The number of halogens is 2. The summed E-state index contributed by atoms with van der Waals surface area (Å²) in [7, 11) is 0. The van der Waals surface area contributed by atoms with Crippen LogP contribution in [0.2, 0.25) is 0 Å². The van der Waals surface area contributed by atoms with Crippen LogP contribution >= 0.6 is 0 Å². The molecule has 0 aliphatic rings. The highest BCUT2D eigenvalue weighted by atomic mass is 19.1. The minimum absolute atomic E-state index is 0.140. The number of aliphatic hydroxyl groups is 1. The number of urea groups is 1. The van der Waals surface area contributed by atoms with Gasteiger partial charge in [-0.1, -0.05) is 6.07 Å². The van der Waals surface area contributed by atoms with E-state index in [-0.39, 0.29) is 13.0 Å². The Balaban J connectivity index is 2.67. The lowest BCUT2D eigenvalue weighted by Crippen LogP contribution is -2.40. The van der Waals surface area contributed by atoms with Crippen molar-refractivity contribution in [2.75, 3.05) is 13.2 Å². The van der Waals surface area contributed by atoms with E-state index in [1.54, 1.807) is 0 Å². The molecule has 1 atom stereocenters. The number of rotatable bonds is 6. The van der Waals surface area contributed by atoms with Crippen molar-refractivity contribution in [1.29, 1.82) is 0 Å². The zero-order chi connectivity index (χ0) is 15.1. The molecule has 4 N–H and O–H groups in total. The number of benzene rings is 1. The molecule has 0 spiro atoms. The summed E-state index contributed by atoms with van der Waals surface area (Å²) in [6.45, 7) is -0.844. The van der Waals surface area contributed by atoms with Gasteiger partial charge in [0.2, 0.25) is 0 Å². The Kier molecular flexibility index (Phi) is 5.85. The Morgan fingerprint density at radius 1 is 1.25 bits per heavy atom. The molecule has 1 aromatic carbocycles. The fraction of sp³-hybridized carbons (Fsp3) is 0.333. The Hall–Kier alpha value is -2.22. The van der Waals surface area contributed by atoms with Gasteiger partial charge in [0, 0.05) is 12.1 Å². The van der Waals surface area contributed by atoms with Gasteiger partial charge in [-0.2, -0.15) is 0 Å². The smallest absolute Gasteiger partial charge is 0.315 e. The molecule has 0 aromatic heterocycles. The highest BCUT2D eigenvalue weighted by Gasteiger charge is 2.21. The first kappa shape index (κ1) is 15.8. The van der Waals surface area contributed by atoms with Crippen LogP contribution in [-0.2, 0) is 4.79 Å². The number of carbonyl (C=O) groups is 2. The molecule has 0 saturated carbocycles. The number of nitrogens with one attached hydrogen (secondary N) is 2. The summed E-state index contributed by atoms with van der Waals surface area (Å²) in [5, 5.41) is 21.9. The Bertz CT molecular complexity index is 476. The van der Waals surface area contributed by atoms with E-state index < -0.39 is 41.8 Å². The van der Waals surface area contributed by atoms with Crippen molar-refractivity contribution < 1.29 is 28.6 Å². The van der Waals surface area contributed by atoms with Crippen LogP contribution in [0.5, 0.6) is 0 Å². The maximum Gasteiger partial charge on any atom is 0.315 e. The summed E-state index contributed by atoms with van der Waals surface area (Å²) in [5.74, 6) is -2.88. The summed E-state index contributed by atoms with van der Waals surface area (Å²) in [6, 6.07) is 1.08. The topological polar surface area (TPSA) is 98.7 Å². The van der Waals surface area contributed by atoms with Gasteiger partial charge in [-0.3, -0.25) is 4.79 Å². The summed E-state index contributed by atoms with van der Waals surface area (Å²) < 4.78 is 27.0. The second kappa shape index (κ2) is 7.39. The molecule has 0 aliphatic heterocycles. The summed E-state index contributed by atoms with van der Waals surface area (Å²) >= 11 is 0. The van der Waals surface area contributed by atoms with Crippen molar-refractivity contribution in [3.63, 3.8) is 0 Å². The third-order valence-corrected chi connectivity index (χ3v) is 2.46. The first-order chi connectivity index (χ1) is 9.45. The van der Waals surface area contributed by atoms with Crippen molar-refractivity contribution in [3.8, 4) is 0 Å². The molecule has 6 nitrogen and oxygen atoms in total. The summed E-state index contributed by atoms with van der Waals surface area (Å²) in [6.07, 6.45) is -0.286. The minimum Gasteiger partial charge on any atom is -0.481 e. The average Bonchev–Trinajstić information content (AvgIpc) is 2.36. The minimum atomic E-state index is -1.26. The van der Waals surface area contributed by atoms with Gasteiger partial charge in [0.25, 0.3) is 0 Å². The average molecular weight is 288 g/mol. The second-order valence-electron chi connectivity index (χ2n) is 3.91. The van der Waals surface area contributed by atoms with Gasteiger partial charge < -0.3 is 20.8 Å². The summed E-state index contributed by atoms with van der Waals surface area (Å²) in [4.78, 5) is 21.7. The molecule has 0 aliphatic carbocycles. The van der Waals surface area contributed by atoms with Crippen LogP contribution in [0.3, 0.4) is 0 Å². The van der Waals surface area contributed by atoms with Crippen LogP contribution in [-0.4, -0.2) is 35.4 Å². The lowest BCUT2D eigenvalue weighted by atomic mass is 10.1. The lowest BCUT2D eigenvalue weighted by molar-refractivity contribution is -0.136. The number of aliphatic carboxylic acids is 1. The molecule has 0 saturated heterocycles. The highest BCUT2D eigenvalue weighted by Crippen LogP contribution is 2.20. The molecule has 0 heterocycles. The van der Waals surface area contributed by atoms with E-state index >= 15 is 0 Å². The monoisotopic (exact) mass is 288 g/mol. The van der Waals surface area contributed by atoms with Crippen LogP contribution in [0.15, 0.2) is 18.2 Å². The van der Waals surface area contributed by atoms with Crippen LogP contribution in [0, 0.1) is 11.6 Å². The van der Waals surface area contributed by atoms with Crippen LogP contribution in [0.4, 0.5) is 13.6 Å². The van der Waals surface area contributed by atoms with Gasteiger partial charge in [-0.25, -0.2) is 13.6 Å². The van der Waals surface area contributed by atoms with Gasteiger partial charge in [0.15, 0.2) is 0 Å². The van der Waals surface area contributed by atoms with Crippen molar-refractivity contribution in [2.45, 2.75) is 12.5 Å². The molecule has 20 heavy (non-hydrogen) atoms.